The Morgan fingerprint density at radius 2 is 1.88 bits per heavy atom. The van der Waals surface area contributed by atoms with E-state index >= 15 is 0 Å². The van der Waals surface area contributed by atoms with Crippen molar-refractivity contribution in [1.29, 1.82) is 0 Å². The van der Waals surface area contributed by atoms with E-state index in [1.54, 1.807) is 54.6 Å². The molecular weight excluding hydrogens is 432 g/mol. The van der Waals surface area contributed by atoms with Crippen molar-refractivity contribution in [2.45, 2.75) is 20.0 Å². The van der Waals surface area contributed by atoms with Crippen molar-refractivity contribution in [1.82, 2.24) is 19.7 Å². The highest BCUT2D eigenvalue weighted by Gasteiger charge is 2.21. The zero-order valence-corrected chi connectivity index (χ0v) is 17.9. The molecule has 0 radical (unpaired) electrons. The molecule has 2 aromatic heterocycles. The second-order valence-electron chi connectivity index (χ2n) is 7.12. The average Bonchev–Trinajstić information content (AvgIpc) is 3.32. The molecule has 2 aromatic carbocycles. The van der Waals surface area contributed by atoms with E-state index in [4.69, 9.17) is 16.0 Å². The van der Waals surface area contributed by atoms with Crippen LogP contribution >= 0.6 is 11.6 Å². The van der Waals surface area contributed by atoms with Crippen LogP contribution in [0.4, 0.5) is 0 Å². The van der Waals surface area contributed by atoms with Gasteiger partial charge in [-0.2, -0.15) is 9.78 Å². The average molecular weight is 451 g/mol. The van der Waals surface area contributed by atoms with E-state index in [-0.39, 0.29) is 13.1 Å². The van der Waals surface area contributed by atoms with Gasteiger partial charge in [-0.25, -0.2) is 4.79 Å². The lowest BCUT2D eigenvalue weighted by Gasteiger charge is -2.13. The summed E-state index contributed by atoms with van der Waals surface area (Å²) in [5, 5.41) is 7.12. The number of nitrogens with zero attached hydrogens (tertiary/aromatic N) is 3. The van der Waals surface area contributed by atoms with Gasteiger partial charge < -0.3 is 9.73 Å². The van der Waals surface area contributed by atoms with Gasteiger partial charge in [0.2, 0.25) is 5.69 Å². The maximum atomic E-state index is 13.2. The van der Waals surface area contributed by atoms with Crippen LogP contribution in [0.5, 0.6) is 0 Å². The second kappa shape index (κ2) is 9.07. The highest BCUT2D eigenvalue weighted by atomic mass is 35.5. The van der Waals surface area contributed by atoms with Crippen LogP contribution in [0, 0.1) is 6.92 Å². The van der Waals surface area contributed by atoms with Crippen LogP contribution in [-0.2, 0) is 13.1 Å². The van der Waals surface area contributed by atoms with Gasteiger partial charge >= 0.3 is 5.69 Å². The monoisotopic (exact) mass is 450 g/mol. The molecule has 0 fully saturated rings. The summed E-state index contributed by atoms with van der Waals surface area (Å²) in [6.07, 6.45) is 1.48. The van der Waals surface area contributed by atoms with Crippen LogP contribution in [0.25, 0.3) is 5.69 Å². The molecule has 1 amide bonds. The third-order valence-electron chi connectivity index (χ3n) is 4.86. The van der Waals surface area contributed by atoms with E-state index in [9.17, 15) is 14.4 Å². The Morgan fingerprint density at radius 3 is 2.56 bits per heavy atom. The zero-order chi connectivity index (χ0) is 22.7. The first-order chi connectivity index (χ1) is 15.4. The minimum atomic E-state index is -0.787. The first kappa shape index (κ1) is 21.3. The second-order valence-corrected chi connectivity index (χ2v) is 7.52. The van der Waals surface area contributed by atoms with Crippen LogP contribution in [0.1, 0.15) is 27.4 Å². The molecule has 0 aliphatic carbocycles. The summed E-state index contributed by atoms with van der Waals surface area (Å²) in [5.41, 5.74) is 0.00807. The molecule has 0 saturated heterocycles. The van der Waals surface area contributed by atoms with Gasteiger partial charge in [-0.15, -0.1) is 0 Å². The van der Waals surface area contributed by atoms with E-state index in [1.807, 2.05) is 13.0 Å². The molecule has 0 spiro atoms. The summed E-state index contributed by atoms with van der Waals surface area (Å²) in [5.74, 6) is -0.207. The van der Waals surface area contributed by atoms with Crippen LogP contribution < -0.4 is 16.6 Å². The lowest BCUT2D eigenvalue weighted by atomic mass is 10.2. The number of hydrogen-bond acceptors (Lipinski definition) is 5. The minimum absolute atomic E-state index is 0.0148. The predicted octanol–water partition coefficient (Wildman–Crippen LogP) is 2.93. The summed E-state index contributed by atoms with van der Waals surface area (Å²) in [7, 11) is 0. The minimum Gasteiger partial charge on any atom is -0.467 e. The standard InChI is InChI=1S/C23H19ClN4O4/c1-15-9-10-17(12-19(15)24)28-23(31)27(14-16-6-3-2-4-7-16)22(30)20(26-28)21(29)25-13-18-8-5-11-32-18/h2-12H,13-14H2,1H3,(H,25,29). The Kier molecular flexibility index (Phi) is 6.04. The van der Waals surface area contributed by atoms with Crippen LogP contribution in [0.2, 0.25) is 5.02 Å². The van der Waals surface area contributed by atoms with Gasteiger partial charge in [-0.05, 0) is 42.3 Å². The fraction of sp³-hybridized carbons (Fsp3) is 0.130. The van der Waals surface area contributed by atoms with Crippen LogP contribution in [-0.4, -0.2) is 20.3 Å². The van der Waals surface area contributed by atoms with Gasteiger partial charge in [0, 0.05) is 5.02 Å². The number of carbonyl (C=O) groups is 1. The molecule has 0 unspecified atom stereocenters. The highest BCUT2D eigenvalue weighted by Crippen LogP contribution is 2.18. The number of furan rings is 1. The molecule has 0 bridgehead atoms. The molecule has 162 valence electrons. The Balaban J connectivity index is 1.81. The molecule has 9 heteroatoms. The van der Waals surface area contributed by atoms with Crippen molar-refractivity contribution in [3.05, 3.63) is 115 Å². The number of aryl methyl sites for hydroxylation is 1. The lowest BCUT2D eigenvalue weighted by Crippen LogP contribution is -2.46. The van der Waals surface area contributed by atoms with Crippen molar-refractivity contribution in [2.24, 2.45) is 0 Å². The molecule has 4 rings (SSSR count). The molecule has 0 saturated carbocycles. The summed E-state index contributed by atoms with van der Waals surface area (Å²) < 4.78 is 7.20. The molecule has 0 aliphatic heterocycles. The molecule has 2 heterocycles. The number of aromatic nitrogens is 3. The third kappa shape index (κ3) is 4.40. The predicted molar refractivity (Wildman–Crippen MR) is 119 cm³/mol. The summed E-state index contributed by atoms with van der Waals surface area (Å²) >= 11 is 6.22. The van der Waals surface area contributed by atoms with E-state index in [1.165, 1.54) is 6.26 Å². The number of nitrogens with one attached hydrogen (secondary N) is 1. The van der Waals surface area contributed by atoms with E-state index in [0.717, 1.165) is 20.4 Å². The number of amides is 1. The largest absolute Gasteiger partial charge is 0.467 e. The maximum Gasteiger partial charge on any atom is 0.352 e. The topological polar surface area (TPSA) is 99.1 Å². The Morgan fingerprint density at radius 1 is 1.09 bits per heavy atom. The van der Waals surface area contributed by atoms with E-state index < -0.39 is 22.9 Å². The molecular formula is C23H19ClN4O4. The van der Waals surface area contributed by atoms with Gasteiger partial charge in [-0.1, -0.05) is 48.0 Å². The molecule has 0 atom stereocenters. The van der Waals surface area contributed by atoms with Crippen molar-refractivity contribution < 1.29 is 9.21 Å². The van der Waals surface area contributed by atoms with Gasteiger partial charge in [0.05, 0.1) is 25.0 Å². The Labute approximate surface area is 187 Å². The number of halogens is 1. The number of hydrogen-bond donors (Lipinski definition) is 1. The highest BCUT2D eigenvalue weighted by molar-refractivity contribution is 6.31. The lowest BCUT2D eigenvalue weighted by molar-refractivity contribution is 0.0938. The maximum absolute atomic E-state index is 13.2. The van der Waals surface area contributed by atoms with Crippen molar-refractivity contribution >= 4 is 17.5 Å². The third-order valence-corrected chi connectivity index (χ3v) is 5.27. The van der Waals surface area contributed by atoms with Crippen LogP contribution in [0.15, 0.2) is 80.9 Å². The van der Waals surface area contributed by atoms with Gasteiger partial charge in [0.25, 0.3) is 11.5 Å². The van der Waals surface area contributed by atoms with E-state index in [2.05, 4.69) is 10.4 Å². The SMILES string of the molecule is Cc1ccc(-n2nc(C(=O)NCc3ccco3)c(=O)n(Cc3ccccc3)c2=O)cc1Cl. The zero-order valence-electron chi connectivity index (χ0n) is 17.1. The molecule has 4 aromatic rings. The molecule has 0 aliphatic rings. The normalized spacial score (nSPS) is 10.8. The van der Waals surface area contributed by atoms with Crippen molar-refractivity contribution in [3.63, 3.8) is 0 Å². The van der Waals surface area contributed by atoms with Gasteiger partial charge in [0.1, 0.15) is 5.76 Å². The quantitative estimate of drug-likeness (QED) is 0.487. The van der Waals surface area contributed by atoms with Gasteiger partial charge in [-0.3, -0.25) is 14.2 Å². The first-order valence-corrected chi connectivity index (χ1v) is 10.2. The van der Waals surface area contributed by atoms with Crippen molar-refractivity contribution in [3.8, 4) is 5.69 Å². The summed E-state index contributed by atoms with van der Waals surface area (Å²) in [6.45, 7) is 1.88. The number of rotatable bonds is 6. The van der Waals surface area contributed by atoms with Crippen LogP contribution in [0.3, 0.4) is 0 Å². The number of benzene rings is 2. The Bertz CT molecular complexity index is 1380. The molecule has 1 N–H and O–H groups in total. The Hall–Kier alpha value is -3.91. The fourth-order valence-corrected chi connectivity index (χ4v) is 3.28. The molecule has 8 nitrogen and oxygen atoms in total. The fourth-order valence-electron chi connectivity index (χ4n) is 3.11. The summed E-state index contributed by atoms with van der Waals surface area (Å²) in [6, 6.07) is 17.3. The van der Waals surface area contributed by atoms with Gasteiger partial charge in [0.15, 0.2) is 0 Å². The van der Waals surface area contributed by atoms with Crippen molar-refractivity contribution in [2.75, 3.05) is 0 Å². The smallest absolute Gasteiger partial charge is 0.352 e. The first-order valence-electron chi connectivity index (χ1n) is 9.79. The number of carbonyl (C=O) groups excluding carboxylic acids is 1. The van der Waals surface area contributed by atoms with E-state index in [0.29, 0.717) is 16.5 Å². The summed E-state index contributed by atoms with van der Waals surface area (Å²) in [4.78, 5) is 39.1. The molecule has 32 heavy (non-hydrogen) atoms.